The molecule has 0 aliphatic rings. The van der Waals surface area contributed by atoms with E-state index in [9.17, 15) is 0 Å². The van der Waals surface area contributed by atoms with Crippen LogP contribution >= 0.6 is 11.3 Å². The summed E-state index contributed by atoms with van der Waals surface area (Å²) in [5, 5.41) is 1.05. The van der Waals surface area contributed by atoms with Crippen LogP contribution in [0.2, 0.25) is 0 Å². The fourth-order valence-electron chi connectivity index (χ4n) is 1.16. The van der Waals surface area contributed by atoms with Gasteiger partial charge in [-0.05, 0) is 19.8 Å². The molecule has 0 spiro atoms. The van der Waals surface area contributed by atoms with Gasteiger partial charge in [-0.2, -0.15) is 0 Å². The molecule has 2 N–H and O–H groups in total. The zero-order valence-corrected chi connectivity index (χ0v) is 8.90. The Morgan fingerprint density at radius 1 is 1.33 bits per heavy atom. The number of aryl methyl sites for hydroxylation is 1. The second-order valence-corrected chi connectivity index (χ2v) is 4.51. The Balaban J connectivity index is 3.00. The normalized spacial score (nSPS) is 13.8. The smallest absolute Gasteiger partial charge is 0.110 e. The summed E-state index contributed by atoms with van der Waals surface area (Å²) in [6.07, 6.45) is 0. The highest BCUT2D eigenvalue weighted by Gasteiger charge is 2.12. The molecule has 3 heteroatoms. The molecule has 1 atom stereocenters. The lowest BCUT2D eigenvalue weighted by atomic mass is 10.1. The van der Waals surface area contributed by atoms with E-state index in [1.54, 1.807) is 11.3 Å². The molecule has 0 unspecified atom stereocenters. The van der Waals surface area contributed by atoms with Crippen LogP contribution < -0.4 is 5.73 Å². The van der Waals surface area contributed by atoms with Crippen molar-refractivity contribution in [1.29, 1.82) is 0 Å². The molecular weight excluding hydrogens is 168 g/mol. The van der Waals surface area contributed by atoms with Crippen molar-refractivity contribution in [3.63, 3.8) is 0 Å². The predicted octanol–water partition coefficient (Wildman–Crippen LogP) is 2.59. The number of aromatic nitrogens is 1. The third kappa shape index (κ3) is 1.84. The van der Waals surface area contributed by atoms with Crippen molar-refractivity contribution in [3.05, 3.63) is 15.6 Å². The summed E-state index contributed by atoms with van der Waals surface area (Å²) in [4.78, 5) is 5.79. The van der Waals surface area contributed by atoms with Crippen LogP contribution in [0.4, 0.5) is 0 Å². The Labute approximate surface area is 77.8 Å². The lowest BCUT2D eigenvalue weighted by molar-refractivity contribution is 0.800. The van der Waals surface area contributed by atoms with E-state index < -0.39 is 0 Å². The van der Waals surface area contributed by atoms with Gasteiger partial charge in [-0.25, -0.2) is 4.98 Å². The Kier molecular flexibility index (Phi) is 2.85. The third-order valence-electron chi connectivity index (χ3n) is 1.76. The van der Waals surface area contributed by atoms with Crippen molar-refractivity contribution in [2.75, 3.05) is 0 Å². The summed E-state index contributed by atoms with van der Waals surface area (Å²) >= 11 is 1.74. The minimum Gasteiger partial charge on any atom is -0.322 e. The van der Waals surface area contributed by atoms with Crippen LogP contribution in [-0.4, -0.2) is 4.98 Å². The van der Waals surface area contributed by atoms with Gasteiger partial charge in [-0.3, -0.25) is 0 Å². The topological polar surface area (TPSA) is 38.9 Å². The molecule has 12 heavy (non-hydrogen) atoms. The van der Waals surface area contributed by atoms with Gasteiger partial charge in [0.25, 0.3) is 0 Å². The maximum absolute atomic E-state index is 5.74. The minimum atomic E-state index is 0.0706. The summed E-state index contributed by atoms with van der Waals surface area (Å²) in [6.45, 7) is 8.40. The maximum atomic E-state index is 5.74. The van der Waals surface area contributed by atoms with Crippen LogP contribution in [0.25, 0.3) is 0 Å². The molecule has 68 valence electrons. The van der Waals surface area contributed by atoms with Crippen LogP contribution in [0.15, 0.2) is 0 Å². The van der Waals surface area contributed by atoms with Crippen molar-refractivity contribution >= 4 is 11.3 Å². The lowest BCUT2D eigenvalue weighted by Crippen LogP contribution is -2.03. The summed E-state index contributed by atoms with van der Waals surface area (Å²) < 4.78 is 0. The number of hydrogen-bond acceptors (Lipinski definition) is 3. The van der Waals surface area contributed by atoms with Crippen molar-refractivity contribution in [2.45, 2.75) is 39.7 Å². The summed E-state index contributed by atoms with van der Waals surface area (Å²) in [5.41, 5.74) is 6.89. The van der Waals surface area contributed by atoms with E-state index in [1.165, 1.54) is 4.88 Å². The summed E-state index contributed by atoms with van der Waals surface area (Å²) in [7, 11) is 0. The average molecular weight is 184 g/mol. The second-order valence-electron chi connectivity index (χ2n) is 3.45. The highest BCUT2D eigenvalue weighted by atomic mass is 32.1. The zero-order valence-electron chi connectivity index (χ0n) is 8.09. The molecule has 0 saturated heterocycles. The Morgan fingerprint density at radius 3 is 2.17 bits per heavy atom. The molecule has 2 nitrogen and oxygen atoms in total. The number of rotatable bonds is 2. The molecule has 1 aromatic rings. The van der Waals surface area contributed by atoms with Crippen molar-refractivity contribution in [1.82, 2.24) is 4.98 Å². The van der Waals surface area contributed by atoms with E-state index >= 15 is 0 Å². The third-order valence-corrected chi connectivity index (χ3v) is 3.42. The maximum Gasteiger partial charge on any atom is 0.110 e. The van der Waals surface area contributed by atoms with Crippen LogP contribution in [0, 0.1) is 6.92 Å². The molecule has 0 amide bonds. The molecule has 1 aromatic heterocycles. The standard InChI is InChI=1S/C9H16N2S/c1-5(2)8-7(4)11-9(12-8)6(3)10/h5-6H,10H2,1-4H3/t6-/m0/s1. The van der Waals surface area contributed by atoms with E-state index in [0.29, 0.717) is 5.92 Å². The van der Waals surface area contributed by atoms with Gasteiger partial charge in [0, 0.05) is 4.88 Å². The minimum absolute atomic E-state index is 0.0706. The van der Waals surface area contributed by atoms with Gasteiger partial charge in [-0.1, -0.05) is 13.8 Å². The summed E-state index contributed by atoms with van der Waals surface area (Å²) in [6, 6.07) is 0.0706. The predicted molar refractivity (Wildman–Crippen MR) is 53.5 cm³/mol. The van der Waals surface area contributed by atoms with E-state index in [4.69, 9.17) is 5.73 Å². The number of nitrogens with zero attached hydrogens (tertiary/aromatic N) is 1. The molecule has 0 aliphatic heterocycles. The Bertz CT molecular complexity index is 263. The average Bonchev–Trinajstić information content (AvgIpc) is 2.30. The highest BCUT2D eigenvalue weighted by molar-refractivity contribution is 7.11. The molecule has 1 heterocycles. The molecule has 0 bridgehead atoms. The SMILES string of the molecule is Cc1nc([C@H](C)N)sc1C(C)C. The van der Waals surface area contributed by atoms with Crippen molar-refractivity contribution < 1.29 is 0 Å². The van der Waals surface area contributed by atoms with E-state index in [-0.39, 0.29) is 6.04 Å². The number of thiazole rings is 1. The van der Waals surface area contributed by atoms with Gasteiger partial charge in [0.2, 0.25) is 0 Å². The van der Waals surface area contributed by atoms with Crippen molar-refractivity contribution in [3.8, 4) is 0 Å². The lowest BCUT2D eigenvalue weighted by Gasteiger charge is -1.99. The van der Waals surface area contributed by atoms with Crippen LogP contribution in [0.1, 0.15) is 48.3 Å². The molecular formula is C9H16N2S. The Hall–Kier alpha value is -0.410. The highest BCUT2D eigenvalue weighted by Crippen LogP contribution is 2.28. The van der Waals surface area contributed by atoms with Gasteiger partial charge in [0.05, 0.1) is 11.7 Å². The van der Waals surface area contributed by atoms with Crippen LogP contribution in [0.5, 0.6) is 0 Å². The molecule has 0 saturated carbocycles. The largest absolute Gasteiger partial charge is 0.322 e. The quantitative estimate of drug-likeness (QED) is 0.767. The molecule has 0 fully saturated rings. The second kappa shape index (κ2) is 3.54. The van der Waals surface area contributed by atoms with Gasteiger partial charge in [0.1, 0.15) is 5.01 Å². The molecule has 0 radical (unpaired) electrons. The number of hydrogen-bond donors (Lipinski definition) is 1. The first kappa shape index (κ1) is 9.68. The van der Waals surface area contributed by atoms with Gasteiger partial charge >= 0.3 is 0 Å². The molecule has 0 aromatic carbocycles. The molecule has 0 aliphatic carbocycles. The fraction of sp³-hybridized carbons (Fsp3) is 0.667. The monoisotopic (exact) mass is 184 g/mol. The number of nitrogens with two attached hydrogens (primary N) is 1. The van der Waals surface area contributed by atoms with E-state index in [0.717, 1.165) is 10.7 Å². The first-order valence-corrected chi connectivity index (χ1v) is 5.06. The van der Waals surface area contributed by atoms with Crippen LogP contribution in [-0.2, 0) is 0 Å². The van der Waals surface area contributed by atoms with Crippen LogP contribution in [0.3, 0.4) is 0 Å². The summed E-state index contributed by atoms with van der Waals surface area (Å²) in [5.74, 6) is 0.565. The first-order valence-electron chi connectivity index (χ1n) is 4.25. The molecule has 1 rings (SSSR count). The zero-order chi connectivity index (χ0) is 9.30. The van der Waals surface area contributed by atoms with E-state index in [1.807, 2.05) is 6.92 Å². The fourth-order valence-corrected chi connectivity index (χ4v) is 2.18. The first-order chi connectivity index (χ1) is 5.52. The van der Waals surface area contributed by atoms with Gasteiger partial charge in [0.15, 0.2) is 0 Å². The van der Waals surface area contributed by atoms with Gasteiger partial charge < -0.3 is 5.73 Å². The Morgan fingerprint density at radius 2 is 1.92 bits per heavy atom. The van der Waals surface area contributed by atoms with Crippen molar-refractivity contribution in [2.24, 2.45) is 5.73 Å². The van der Waals surface area contributed by atoms with Gasteiger partial charge in [-0.15, -0.1) is 11.3 Å². The van der Waals surface area contributed by atoms with E-state index in [2.05, 4.69) is 25.8 Å².